The molecule has 2 aromatic heterocycles. The van der Waals surface area contributed by atoms with Gasteiger partial charge in [0.05, 0.1) is 12.9 Å². The van der Waals surface area contributed by atoms with Crippen LogP contribution in [0.25, 0.3) is 11.3 Å². The third-order valence-electron chi connectivity index (χ3n) is 5.86. The van der Waals surface area contributed by atoms with Crippen molar-refractivity contribution >= 4 is 29.4 Å². The molecule has 0 saturated carbocycles. The number of aromatic nitrogens is 3. The van der Waals surface area contributed by atoms with E-state index in [1.54, 1.807) is 62.4 Å². The van der Waals surface area contributed by atoms with Gasteiger partial charge in [0, 0.05) is 22.7 Å². The largest absolute Gasteiger partial charge is 0.461 e. The minimum absolute atomic E-state index is 0.0828. The number of nitrogens with one attached hydrogen (secondary N) is 1. The third kappa shape index (κ3) is 6.28. The average molecular weight is 577 g/mol. The van der Waals surface area contributed by atoms with Gasteiger partial charge in [0.25, 0.3) is 0 Å². The van der Waals surface area contributed by atoms with Crippen LogP contribution < -0.4 is 5.32 Å². The van der Waals surface area contributed by atoms with E-state index in [2.05, 4.69) is 15.5 Å². The summed E-state index contributed by atoms with van der Waals surface area (Å²) in [6.45, 7) is 4.51. The highest BCUT2D eigenvalue weighted by Gasteiger charge is 2.40. The van der Waals surface area contributed by atoms with Crippen LogP contribution in [-0.4, -0.2) is 33.4 Å². The molecule has 0 bridgehead atoms. The number of ether oxygens (including phenoxy) is 2. The van der Waals surface area contributed by atoms with E-state index >= 15 is 0 Å². The summed E-state index contributed by atoms with van der Waals surface area (Å²) in [5.74, 6) is -0.918. The molecule has 1 amide bonds. The minimum Gasteiger partial charge on any atom is -0.461 e. The number of anilines is 1. The second kappa shape index (κ2) is 11.8. The van der Waals surface area contributed by atoms with E-state index in [0.29, 0.717) is 27.4 Å². The molecule has 0 saturated heterocycles. The molecule has 0 aliphatic carbocycles. The number of esters is 1. The molecule has 2 heterocycles. The summed E-state index contributed by atoms with van der Waals surface area (Å²) in [5, 5.41) is 7.01. The van der Waals surface area contributed by atoms with Gasteiger partial charge in [-0.25, -0.2) is 14.6 Å². The lowest BCUT2D eigenvalue weighted by Gasteiger charge is -2.15. The summed E-state index contributed by atoms with van der Waals surface area (Å²) in [6.07, 6.45) is -5.27. The van der Waals surface area contributed by atoms with Gasteiger partial charge in [0.15, 0.2) is 17.1 Å². The molecular weight excluding hydrogens is 553 g/mol. The van der Waals surface area contributed by atoms with Crippen molar-refractivity contribution in [2.24, 2.45) is 0 Å². The number of aryl methyl sites for hydroxylation is 1. The first-order chi connectivity index (χ1) is 19.0. The Balaban J connectivity index is 1.51. The Morgan fingerprint density at radius 1 is 1.15 bits per heavy atom. The van der Waals surface area contributed by atoms with Gasteiger partial charge in [-0.2, -0.15) is 13.2 Å². The van der Waals surface area contributed by atoms with E-state index in [4.69, 9.17) is 25.6 Å². The molecule has 0 aliphatic heterocycles. The maximum atomic E-state index is 13.7. The van der Waals surface area contributed by atoms with Crippen molar-refractivity contribution in [3.8, 4) is 11.3 Å². The van der Waals surface area contributed by atoms with Gasteiger partial charge in [-0.3, -0.25) is 5.32 Å². The molecule has 2 aromatic carbocycles. The van der Waals surface area contributed by atoms with Crippen molar-refractivity contribution in [3.63, 3.8) is 0 Å². The molecule has 9 nitrogen and oxygen atoms in total. The van der Waals surface area contributed by atoms with Crippen molar-refractivity contribution < 1.29 is 36.8 Å². The molecule has 40 heavy (non-hydrogen) atoms. The molecule has 0 spiro atoms. The second-order valence-corrected chi connectivity index (χ2v) is 9.06. The Kier molecular flexibility index (Phi) is 8.48. The number of alkyl halides is 3. The number of carbonyl (C=O) groups is 2. The van der Waals surface area contributed by atoms with E-state index in [1.165, 1.54) is 6.92 Å². The fraction of sp³-hybridized carbons (Fsp3) is 0.259. The van der Waals surface area contributed by atoms with Crippen LogP contribution in [-0.2, 0) is 22.2 Å². The smallest absolute Gasteiger partial charge is 0.433 e. The third-order valence-corrected chi connectivity index (χ3v) is 6.21. The summed E-state index contributed by atoms with van der Waals surface area (Å²) in [6, 6.07) is 13.4. The number of hydrogen-bond acceptors (Lipinski definition) is 7. The molecule has 4 aromatic rings. The monoisotopic (exact) mass is 576 g/mol. The Bertz CT molecular complexity index is 1520. The van der Waals surface area contributed by atoms with Gasteiger partial charge in [-0.05, 0) is 32.4 Å². The van der Waals surface area contributed by atoms with Crippen molar-refractivity contribution in [1.29, 1.82) is 0 Å². The fourth-order valence-electron chi connectivity index (χ4n) is 3.98. The van der Waals surface area contributed by atoms with Gasteiger partial charge in [-0.1, -0.05) is 59.2 Å². The number of benzene rings is 2. The van der Waals surface area contributed by atoms with Crippen LogP contribution in [0.15, 0.2) is 59.4 Å². The van der Waals surface area contributed by atoms with Crippen molar-refractivity contribution in [2.45, 2.75) is 39.6 Å². The molecule has 0 aliphatic rings. The van der Waals surface area contributed by atoms with Crippen molar-refractivity contribution in [2.75, 3.05) is 11.9 Å². The maximum Gasteiger partial charge on any atom is 0.433 e. The van der Waals surface area contributed by atoms with Crippen LogP contribution in [0.2, 0.25) is 5.02 Å². The molecule has 1 N–H and O–H groups in total. The summed E-state index contributed by atoms with van der Waals surface area (Å²) >= 11 is 6.18. The number of halogens is 4. The summed E-state index contributed by atoms with van der Waals surface area (Å²) in [4.78, 5) is 28.2. The Hall–Kier alpha value is -4.32. The van der Waals surface area contributed by atoms with E-state index < -0.39 is 35.7 Å². The molecule has 4 rings (SSSR count). The molecule has 210 valence electrons. The Labute approximate surface area is 231 Å². The van der Waals surface area contributed by atoms with Gasteiger partial charge < -0.3 is 18.6 Å². The van der Waals surface area contributed by atoms with E-state index in [9.17, 15) is 22.8 Å². The highest BCUT2D eigenvalue weighted by molar-refractivity contribution is 6.31. The zero-order chi connectivity index (χ0) is 29.0. The first-order valence-electron chi connectivity index (χ1n) is 12.1. The first kappa shape index (κ1) is 28.7. The average Bonchev–Trinajstić information content (AvgIpc) is 3.48. The summed E-state index contributed by atoms with van der Waals surface area (Å²) in [5.41, 5.74) is 0.302. The first-order valence-corrected chi connectivity index (χ1v) is 12.4. The summed E-state index contributed by atoms with van der Waals surface area (Å²) in [7, 11) is 0. The predicted octanol–water partition coefficient (Wildman–Crippen LogP) is 7.05. The minimum atomic E-state index is -4.82. The lowest BCUT2D eigenvalue weighted by atomic mass is 10.1. The van der Waals surface area contributed by atoms with Crippen LogP contribution in [0.3, 0.4) is 0 Å². The van der Waals surface area contributed by atoms with Crippen LogP contribution >= 0.6 is 11.6 Å². The van der Waals surface area contributed by atoms with Gasteiger partial charge in [0.2, 0.25) is 0 Å². The fourth-order valence-corrected chi connectivity index (χ4v) is 4.27. The standard InChI is InChI=1S/C27H24ClF3N4O5/c1-4-38-25(36)22-24(27(29,30)31)35(14-32-22)13-17-9-11-18(12-10-17)23-21(15(2)34-40-23)33-26(37)39-16(3)19-7-5-6-8-20(19)28/h5-12,14,16H,4,13H2,1-3H3,(H,33,37). The maximum absolute atomic E-state index is 13.7. The van der Waals surface area contributed by atoms with Crippen LogP contribution in [0.4, 0.5) is 23.7 Å². The second-order valence-electron chi connectivity index (χ2n) is 8.65. The topological polar surface area (TPSA) is 108 Å². The lowest BCUT2D eigenvalue weighted by molar-refractivity contribution is -0.144. The van der Waals surface area contributed by atoms with Gasteiger partial charge in [0.1, 0.15) is 17.5 Å². The van der Waals surface area contributed by atoms with Crippen molar-refractivity contribution in [1.82, 2.24) is 14.7 Å². The van der Waals surface area contributed by atoms with Crippen LogP contribution in [0, 0.1) is 6.92 Å². The van der Waals surface area contributed by atoms with Crippen LogP contribution in [0.5, 0.6) is 0 Å². The number of amides is 1. The number of carbonyl (C=O) groups excluding carboxylic acids is 2. The Morgan fingerprint density at radius 3 is 2.50 bits per heavy atom. The normalized spacial score (nSPS) is 12.2. The summed E-state index contributed by atoms with van der Waals surface area (Å²) < 4.78 is 57.6. The molecule has 0 fully saturated rings. The zero-order valence-corrected chi connectivity index (χ0v) is 22.3. The van der Waals surface area contributed by atoms with Crippen LogP contribution in [0.1, 0.15) is 53.0 Å². The highest BCUT2D eigenvalue weighted by Crippen LogP contribution is 2.34. The molecule has 1 unspecified atom stereocenters. The number of imidazole rings is 1. The van der Waals surface area contributed by atoms with E-state index in [-0.39, 0.29) is 24.6 Å². The number of hydrogen-bond donors (Lipinski definition) is 1. The van der Waals surface area contributed by atoms with E-state index in [1.807, 2.05) is 0 Å². The molecular formula is C27H24ClF3N4O5. The SMILES string of the molecule is CCOC(=O)c1ncn(Cc2ccc(-c3onc(C)c3NC(=O)OC(C)c3ccccc3Cl)cc2)c1C(F)(F)F. The molecule has 1 atom stereocenters. The van der Waals surface area contributed by atoms with Crippen molar-refractivity contribution in [3.05, 3.63) is 88.1 Å². The zero-order valence-electron chi connectivity index (χ0n) is 21.6. The lowest BCUT2D eigenvalue weighted by Crippen LogP contribution is -2.19. The predicted molar refractivity (Wildman–Crippen MR) is 139 cm³/mol. The molecule has 0 radical (unpaired) electrons. The Morgan fingerprint density at radius 2 is 1.85 bits per heavy atom. The number of nitrogens with zero attached hydrogens (tertiary/aromatic N) is 3. The molecule has 13 heteroatoms. The number of rotatable bonds is 8. The highest BCUT2D eigenvalue weighted by atomic mass is 35.5. The quantitative estimate of drug-likeness (QED) is 0.224. The van der Waals surface area contributed by atoms with Gasteiger partial charge >= 0.3 is 18.2 Å². The van der Waals surface area contributed by atoms with E-state index in [0.717, 1.165) is 10.9 Å². The van der Waals surface area contributed by atoms with Gasteiger partial charge in [-0.15, -0.1) is 0 Å².